The lowest BCUT2D eigenvalue weighted by Crippen LogP contribution is -2.20. The van der Waals surface area contributed by atoms with E-state index < -0.39 is 0 Å². The van der Waals surface area contributed by atoms with Crippen LogP contribution < -0.4 is 5.32 Å². The van der Waals surface area contributed by atoms with Gasteiger partial charge >= 0.3 is 0 Å². The zero-order chi connectivity index (χ0) is 21.5. The van der Waals surface area contributed by atoms with Gasteiger partial charge in [0.05, 0.1) is 33.3 Å². The van der Waals surface area contributed by atoms with E-state index in [0.717, 1.165) is 17.1 Å². The topological polar surface area (TPSA) is 60.1 Å². The number of nitrogens with one attached hydrogen (secondary N) is 1. The second kappa shape index (κ2) is 8.08. The maximum atomic E-state index is 13.2. The number of aromatic nitrogens is 2. The molecule has 4 aromatic rings. The molecule has 0 saturated heterocycles. The Hall–Kier alpha value is -2.73. The van der Waals surface area contributed by atoms with E-state index in [-0.39, 0.29) is 11.7 Å². The number of furan rings is 1. The van der Waals surface area contributed by atoms with Crippen LogP contribution in [0.25, 0.3) is 5.69 Å². The molecule has 0 saturated carbocycles. The number of nitrogens with zero attached hydrogens (tertiary/aromatic N) is 2. The molecule has 2 aromatic carbocycles. The highest BCUT2D eigenvalue weighted by molar-refractivity contribution is 6.42. The number of Topliss-reactive ketones (excluding diaryl/α,β-unsaturated/α-hetero) is 1. The minimum absolute atomic E-state index is 0.00502. The molecule has 1 N–H and O–H groups in total. The van der Waals surface area contributed by atoms with Crippen LogP contribution in [0.3, 0.4) is 0 Å². The van der Waals surface area contributed by atoms with E-state index in [1.54, 1.807) is 41.3 Å². The highest BCUT2D eigenvalue weighted by Crippen LogP contribution is 2.38. The first-order valence-electron chi connectivity index (χ1n) is 9.66. The molecule has 8 heteroatoms. The average Bonchev–Trinajstić information content (AvgIpc) is 3.40. The summed E-state index contributed by atoms with van der Waals surface area (Å²) in [4.78, 5) is 13.2. The Kier molecular flexibility index (Phi) is 5.26. The molecule has 2 heterocycles. The monoisotopic (exact) mass is 471 g/mol. The van der Waals surface area contributed by atoms with E-state index in [2.05, 4.69) is 5.32 Å². The van der Waals surface area contributed by atoms with Crippen molar-refractivity contribution in [2.75, 3.05) is 5.32 Å². The van der Waals surface area contributed by atoms with E-state index in [1.165, 1.54) is 0 Å². The van der Waals surface area contributed by atoms with E-state index in [9.17, 15) is 4.79 Å². The fourth-order valence-corrected chi connectivity index (χ4v) is 4.31. The lowest BCUT2D eigenvalue weighted by molar-refractivity contribution is 0.0960. The number of hydrogen-bond donors (Lipinski definition) is 1. The van der Waals surface area contributed by atoms with Crippen LogP contribution in [0.4, 0.5) is 11.5 Å². The number of benzene rings is 2. The van der Waals surface area contributed by atoms with Gasteiger partial charge in [-0.3, -0.25) is 4.79 Å². The van der Waals surface area contributed by atoms with E-state index in [4.69, 9.17) is 44.3 Å². The molecule has 0 fully saturated rings. The molecule has 0 spiro atoms. The second-order valence-corrected chi connectivity index (χ2v) is 8.61. The van der Waals surface area contributed by atoms with Gasteiger partial charge < -0.3 is 9.73 Å². The normalized spacial score (nSPS) is 15.7. The number of carbonyl (C=O) groups excluding carboxylic acids is 1. The first-order chi connectivity index (χ1) is 15.0. The molecule has 0 amide bonds. The maximum Gasteiger partial charge on any atom is 0.169 e. The Morgan fingerprint density at radius 1 is 1.00 bits per heavy atom. The van der Waals surface area contributed by atoms with Crippen LogP contribution in [0, 0.1) is 0 Å². The maximum absolute atomic E-state index is 13.2. The third-order valence-corrected chi connectivity index (χ3v) is 6.32. The van der Waals surface area contributed by atoms with Gasteiger partial charge in [0.1, 0.15) is 5.76 Å². The molecule has 0 bridgehead atoms. The van der Waals surface area contributed by atoms with Gasteiger partial charge in [-0.05, 0) is 54.6 Å². The smallest absolute Gasteiger partial charge is 0.169 e. The average molecular weight is 473 g/mol. The molecule has 1 atom stereocenters. The molecule has 1 aliphatic rings. The van der Waals surface area contributed by atoms with Crippen LogP contribution in [0.15, 0.2) is 65.3 Å². The summed E-state index contributed by atoms with van der Waals surface area (Å²) < 4.78 is 7.37. The zero-order valence-electron chi connectivity index (χ0n) is 16.1. The molecule has 1 unspecified atom stereocenters. The van der Waals surface area contributed by atoms with Crippen molar-refractivity contribution in [2.24, 2.45) is 0 Å². The third-order valence-electron chi connectivity index (χ3n) is 5.33. The summed E-state index contributed by atoms with van der Waals surface area (Å²) in [7, 11) is 0. The van der Waals surface area contributed by atoms with Crippen LogP contribution in [0.1, 0.15) is 34.2 Å². The lowest BCUT2D eigenvalue weighted by atomic mass is 9.85. The van der Waals surface area contributed by atoms with Gasteiger partial charge in [-0.15, -0.1) is 5.10 Å². The molecule has 31 heavy (non-hydrogen) atoms. The van der Waals surface area contributed by atoms with E-state index in [1.807, 2.05) is 24.3 Å². The second-order valence-electron chi connectivity index (χ2n) is 7.36. The number of rotatable bonds is 4. The van der Waals surface area contributed by atoms with Crippen molar-refractivity contribution in [1.29, 1.82) is 0 Å². The molecule has 5 rings (SSSR count). The number of ketones is 1. The Morgan fingerprint density at radius 3 is 2.52 bits per heavy atom. The van der Waals surface area contributed by atoms with Crippen LogP contribution in [-0.2, 0) is 6.42 Å². The van der Waals surface area contributed by atoms with Crippen LogP contribution >= 0.6 is 34.8 Å². The molecule has 156 valence electrons. The molecule has 0 radical (unpaired) electrons. The van der Waals surface area contributed by atoms with Gasteiger partial charge in [0, 0.05) is 29.5 Å². The summed E-state index contributed by atoms with van der Waals surface area (Å²) in [5, 5.41) is 9.48. The van der Waals surface area contributed by atoms with Crippen molar-refractivity contribution in [2.45, 2.75) is 18.8 Å². The summed E-state index contributed by atoms with van der Waals surface area (Å²) in [6, 6.07) is 16.3. The number of carbonyl (C=O) groups is 1. The minimum Gasteiger partial charge on any atom is -0.469 e. The summed E-state index contributed by atoms with van der Waals surface area (Å²) in [6.07, 6.45) is 2.60. The summed E-state index contributed by atoms with van der Waals surface area (Å²) in [5.41, 5.74) is 2.90. The fraction of sp³-hybridized carbons (Fsp3) is 0.130. The minimum atomic E-state index is -0.0458. The molecular weight excluding hydrogens is 457 g/mol. The molecule has 5 nitrogen and oxygen atoms in total. The number of fused-ring (bicyclic) bond motifs is 1. The van der Waals surface area contributed by atoms with Gasteiger partial charge in [0.2, 0.25) is 0 Å². The Labute approximate surface area is 193 Å². The first kappa shape index (κ1) is 20.2. The SMILES string of the molecule is O=C1CC(c2ccco2)Cc2c1c(Nc1ccc(Cl)c(Cl)c1)nn2-c1ccc(Cl)cc1. The van der Waals surface area contributed by atoms with Gasteiger partial charge in [0.25, 0.3) is 0 Å². The van der Waals surface area contributed by atoms with Crippen molar-refractivity contribution in [3.05, 3.63) is 92.9 Å². The standard InChI is InChI=1S/C23H16Cl3N3O2/c24-14-3-6-16(7-4-14)29-19-10-13(21-2-1-9-31-21)11-20(30)22(19)23(28-29)27-15-5-8-17(25)18(26)12-15/h1-9,12-13H,10-11H2,(H,27,28). The Morgan fingerprint density at radius 2 is 1.81 bits per heavy atom. The van der Waals surface area contributed by atoms with Gasteiger partial charge in [0.15, 0.2) is 11.6 Å². The molecular formula is C23H16Cl3N3O2. The summed E-state index contributed by atoms with van der Waals surface area (Å²) in [6.45, 7) is 0. The lowest BCUT2D eigenvalue weighted by Gasteiger charge is -2.21. The van der Waals surface area contributed by atoms with E-state index in [0.29, 0.717) is 45.0 Å². The van der Waals surface area contributed by atoms with Crippen molar-refractivity contribution in [1.82, 2.24) is 9.78 Å². The van der Waals surface area contributed by atoms with Crippen molar-refractivity contribution in [3.63, 3.8) is 0 Å². The van der Waals surface area contributed by atoms with Crippen molar-refractivity contribution < 1.29 is 9.21 Å². The summed E-state index contributed by atoms with van der Waals surface area (Å²) >= 11 is 18.3. The number of hydrogen-bond acceptors (Lipinski definition) is 4. The highest BCUT2D eigenvalue weighted by atomic mass is 35.5. The Balaban J connectivity index is 1.61. The first-order valence-corrected chi connectivity index (χ1v) is 10.8. The van der Waals surface area contributed by atoms with Gasteiger partial charge in [-0.25, -0.2) is 4.68 Å². The zero-order valence-corrected chi connectivity index (χ0v) is 18.4. The van der Waals surface area contributed by atoms with E-state index >= 15 is 0 Å². The van der Waals surface area contributed by atoms with Crippen LogP contribution in [0.2, 0.25) is 15.1 Å². The summed E-state index contributed by atoms with van der Waals surface area (Å²) in [5.74, 6) is 1.23. The van der Waals surface area contributed by atoms with Crippen LogP contribution in [0.5, 0.6) is 0 Å². The van der Waals surface area contributed by atoms with Crippen molar-refractivity contribution >= 4 is 52.1 Å². The van der Waals surface area contributed by atoms with Crippen molar-refractivity contribution in [3.8, 4) is 5.69 Å². The molecule has 2 aromatic heterocycles. The number of anilines is 2. The molecule has 1 aliphatic carbocycles. The third kappa shape index (κ3) is 3.85. The number of halogens is 3. The largest absolute Gasteiger partial charge is 0.469 e. The van der Waals surface area contributed by atoms with Gasteiger partial charge in [-0.2, -0.15) is 0 Å². The van der Waals surface area contributed by atoms with Crippen LogP contribution in [-0.4, -0.2) is 15.6 Å². The quantitative estimate of drug-likeness (QED) is 0.345. The fourth-order valence-electron chi connectivity index (χ4n) is 3.88. The predicted octanol–water partition coefficient (Wildman–Crippen LogP) is 7.08. The van der Waals surface area contributed by atoms with Gasteiger partial charge in [-0.1, -0.05) is 34.8 Å². The Bertz CT molecular complexity index is 1260. The highest BCUT2D eigenvalue weighted by Gasteiger charge is 2.34. The predicted molar refractivity (Wildman–Crippen MR) is 122 cm³/mol. The molecule has 0 aliphatic heterocycles.